The minimum absolute atomic E-state index is 0.151. The van der Waals surface area contributed by atoms with Gasteiger partial charge in [0, 0.05) is 19.3 Å². The molecule has 2 fully saturated rings. The number of carbonyl (C=O) groups excluding carboxylic acids is 1. The zero-order chi connectivity index (χ0) is 19.2. The summed E-state index contributed by atoms with van der Waals surface area (Å²) in [6.07, 6.45) is 6.43. The van der Waals surface area contributed by atoms with Crippen LogP contribution >= 0.6 is 0 Å². The molecular formula is C21H25N3O3. The summed E-state index contributed by atoms with van der Waals surface area (Å²) in [6.45, 7) is 5.55. The van der Waals surface area contributed by atoms with Gasteiger partial charge in [-0.3, -0.25) is 9.48 Å². The molecule has 1 saturated heterocycles. The topological polar surface area (TPSA) is 75.4 Å². The summed E-state index contributed by atoms with van der Waals surface area (Å²) < 4.78 is 1.74. The van der Waals surface area contributed by atoms with Crippen LogP contribution in [-0.2, 0) is 10.2 Å². The van der Waals surface area contributed by atoms with Crippen molar-refractivity contribution in [3.8, 4) is 0 Å². The number of aromatic nitrogens is 2. The summed E-state index contributed by atoms with van der Waals surface area (Å²) in [5, 5.41) is 13.2. The molecule has 2 aliphatic rings. The highest BCUT2D eigenvalue weighted by molar-refractivity contribution is 5.91. The highest BCUT2D eigenvalue weighted by atomic mass is 16.4. The van der Waals surface area contributed by atoms with Gasteiger partial charge in [0.15, 0.2) is 0 Å². The van der Waals surface area contributed by atoms with E-state index < -0.39 is 5.97 Å². The molecule has 4 rings (SSSR count). The van der Waals surface area contributed by atoms with Gasteiger partial charge in [-0.1, -0.05) is 29.3 Å². The fourth-order valence-corrected chi connectivity index (χ4v) is 4.29. The van der Waals surface area contributed by atoms with Crippen molar-refractivity contribution in [1.82, 2.24) is 14.7 Å². The third-order valence-electron chi connectivity index (χ3n) is 5.91. The first-order chi connectivity index (χ1) is 12.9. The lowest BCUT2D eigenvalue weighted by Gasteiger charge is -2.34. The molecule has 1 amide bonds. The van der Waals surface area contributed by atoms with Crippen LogP contribution in [0, 0.1) is 13.8 Å². The van der Waals surface area contributed by atoms with Gasteiger partial charge in [-0.2, -0.15) is 5.10 Å². The normalized spacial score (nSPS) is 19.1. The van der Waals surface area contributed by atoms with Crippen LogP contribution in [0.2, 0.25) is 0 Å². The van der Waals surface area contributed by atoms with Crippen LogP contribution in [0.4, 0.5) is 0 Å². The summed E-state index contributed by atoms with van der Waals surface area (Å²) in [4.78, 5) is 26.3. The largest absolute Gasteiger partial charge is 0.478 e. The summed E-state index contributed by atoms with van der Waals surface area (Å²) >= 11 is 0. The van der Waals surface area contributed by atoms with Crippen LogP contribution in [0.15, 0.2) is 30.6 Å². The molecule has 0 atom stereocenters. The molecule has 1 saturated carbocycles. The Kier molecular flexibility index (Phi) is 4.29. The quantitative estimate of drug-likeness (QED) is 0.901. The summed E-state index contributed by atoms with van der Waals surface area (Å²) in [5.41, 5.74) is 3.45. The number of piperidine rings is 1. The first-order valence-corrected chi connectivity index (χ1v) is 9.55. The lowest BCUT2D eigenvalue weighted by atomic mass is 9.90. The Hall–Kier alpha value is -2.63. The second kappa shape index (κ2) is 6.51. The van der Waals surface area contributed by atoms with E-state index in [9.17, 15) is 9.59 Å². The Balaban J connectivity index is 1.44. The van der Waals surface area contributed by atoms with Crippen molar-refractivity contribution in [2.45, 2.75) is 51.0 Å². The van der Waals surface area contributed by atoms with Crippen molar-refractivity contribution < 1.29 is 14.7 Å². The van der Waals surface area contributed by atoms with E-state index in [1.807, 2.05) is 4.90 Å². The molecule has 0 bridgehead atoms. The van der Waals surface area contributed by atoms with E-state index in [1.54, 1.807) is 10.9 Å². The van der Waals surface area contributed by atoms with E-state index in [4.69, 9.17) is 5.11 Å². The Bertz CT molecular complexity index is 870. The van der Waals surface area contributed by atoms with Gasteiger partial charge in [0.2, 0.25) is 5.91 Å². The highest BCUT2D eigenvalue weighted by Gasteiger charge is 2.53. The summed E-state index contributed by atoms with van der Waals surface area (Å²) in [6, 6.07) is 6.60. The number of aryl methyl sites for hydroxylation is 2. The van der Waals surface area contributed by atoms with E-state index in [0.717, 1.165) is 31.2 Å². The number of carboxylic acids is 1. The monoisotopic (exact) mass is 367 g/mol. The van der Waals surface area contributed by atoms with Crippen molar-refractivity contribution in [1.29, 1.82) is 0 Å². The van der Waals surface area contributed by atoms with Gasteiger partial charge in [-0.05, 0) is 45.1 Å². The molecular weight excluding hydrogens is 342 g/mol. The maximum Gasteiger partial charge on any atom is 0.338 e. The van der Waals surface area contributed by atoms with E-state index in [0.29, 0.717) is 13.1 Å². The maximum absolute atomic E-state index is 13.3. The average molecular weight is 367 g/mol. The fourth-order valence-electron chi connectivity index (χ4n) is 4.29. The first kappa shape index (κ1) is 17.8. The van der Waals surface area contributed by atoms with Gasteiger partial charge < -0.3 is 10.0 Å². The maximum atomic E-state index is 13.3. The molecule has 6 nitrogen and oxygen atoms in total. The summed E-state index contributed by atoms with van der Waals surface area (Å²) in [7, 11) is 0. The van der Waals surface area contributed by atoms with E-state index in [-0.39, 0.29) is 22.9 Å². The molecule has 27 heavy (non-hydrogen) atoms. The number of aromatic carboxylic acids is 1. The van der Waals surface area contributed by atoms with Crippen molar-refractivity contribution in [2.75, 3.05) is 13.1 Å². The number of nitrogens with zero attached hydrogens (tertiary/aromatic N) is 3. The highest BCUT2D eigenvalue weighted by Crippen LogP contribution is 2.50. The third kappa shape index (κ3) is 3.24. The van der Waals surface area contributed by atoms with Crippen molar-refractivity contribution in [3.63, 3.8) is 0 Å². The number of hydrogen-bond donors (Lipinski definition) is 1. The van der Waals surface area contributed by atoms with Crippen molar-refractivity contribution in [2.24, 2.45) is 0 Å². The number of hydrogen-bond acceptors (Lipinski definition) is 3. The number of benzene rings is 1. The molecule has 2 heterocycles. The van der Waals surface area contributed by atoms with E-state index in [2.05, 4.69) is 37.1 Å². The molecule has 142 valence electrons. The zero-order valence-electron chi connectivity index (χ0n) is 15.8. The third-order valence-corrected chi connectivity index (χ3v) is 5.91. The van der Waals surface area contributed by atoms with Crippen molar-refractivity contribution in [3.05, 3.63) is 52.8 Å². The number of rotatable bonds is 4. The second-order valence-electron chi connectivity index (χ2n) is 8.00. The predicted molar refractivity (Wildman–Crippen MR) is 101 cm³/mol. The molecule has 1 N–H and O–H groups in total. The van der Waals surface area contributed by atoms with Gasteiger partial charge in [0.05, 0.1) is 23.2 Å². The van der Waals surface area contributed by atoms with E-state index in [1.165, 1.54) is 17.3 Å². The number of likely N-dealkylation sites (tertiary alicyclic amines) is 1. The Morgan fingerprint density at radius 1 is 1.11 bits per heavy atom. The van der Waals surface area contributed by atoms with Gasteiger partial charge in [0.25, 0.3) is 0 Å². The Morgan fingerprint density at radius 3 is 2.26 bits per heavy atom. The smallest absolute Gasteiger partial charge is 0.338 e. The van der Waals surface area contributed by atoms with Crippen LogP contribution < -0.4 is 0 Å². The van der Waals surface area contributed by atoms with E-state index >= 15 is 0 Å². The van der Waals surface area contributed by atoms with Gasteiger partial charge >= 0.3 is 5.97 Å². The average Bonchev–Trinajstić information content (AvgIpc) is 3.30. The fraction of sp³-hybridized carbons (Fsp3) is 0.476. The molecule has 0 radical (unpaired) electrons. The van der Waals surface area contributed by atoms with Crippen LogP contribution in [0.3, 0.4) is 0 Å². The van der Waals surface area contributed by atoms with Gasteiger partial charge in [-0.15, -0.1) is 0 Å². The van der Waals surface area contributed by atoms with Crippen LogP contribution in [0.25, 0.3) is 0 Å². The molecule has 2 aromatic rings. The molecule has 1 aliphatic carbocycles. The Morgan fingerprint density at radius 2 is 1.74 bits per heavy atom. The first-order valence-electron chi connectivity index (χ1n) is 9.55. The molecule has 1 aromatic heterocycles. The van der Waals surface area contributed by atoms with Gasteiger partial charge in [0.1, 0.15) is 0 Å². The molecule has 1 aromatic carbocycles. The number of amides is 1. The zero-order valence-corrected chi connectivity index (χ0v) is 15.8. The van der Waals surface area contributed by atoms with Crippen LogP contribution in [-0.4, -0.2) is 44.8 Å². The van der Waals surface area contributed by atoms with Crippen molar-refractivity contribution >= 4 is 11.9 Å². The predicted octanol–water partition coefficient (Wildman–Crippen LogP) is 3.09. The molecule has 0 unspecified atom stereocenters. The molecule has 0 spiro atoms. The molecule has 1 aliphatic heterocycles. The molecule has 6 heteroatoms. The summed E-state index contributed by atoms with van der Waals surface area (Å²) in [5.74, 6) is -0.712. The minimum Gasteiger partial charge on any atom is -0.478 e. The standard InChI is InChI=1S/C21H25N3O3/c1-14-9-15(2)11-17(10-14)21(5-6-21)20(27)23-7-3-18(4-8-23)24-13-16(12-22-24)19(25)26/h9-13,18H,3-8H2,1-2H3,(H,25,26). The SMILES string of the molecule is Cc1cc(C)cc(C2(C(=O)N3CCC(n4cc(C(=O)O)cn4)CC3)CC2)c1. The minimum atomic E-state index is -0.960. The van der Waals surface area contributed by atoms with Crippen LogP contribution in [0.5, 0.6) is 0 Å². The second-order valence-corrected chi connectivity index (χ2v) is 8.00. The number of carboxylic acid groups (broad SMARTS) is 1. The van der Waals surface area contributed by atoms with Gasteiger partial charge in [-0.25, -0.2) is 4.79 Å². The lowest BCUT2D eigenvalue weighted by Crippen LogP contribution is -2.44. The Labute approximate surface area is 158 Å². The lowest BCUT2D eigenvalue weighted by molar-refractivity contribution is -0.135. The van der Waals surface area contributed by atoms with Crippen LogP contribution in [0.1, 0.15) is 58.8 Å². The number of carbonyl (C=O) groups is 2.